The van der Waals surface area contributed by atoms with Gasteiger partial charge in [-0.3, -0.25) is 4.84 Å². The van der Waals surface area contributed by atoms with Gasteiger partial charge in [0.05, 0.1) is 27.6 Å². The number of carbonyl (C=O) groups is 1. The third-order valence-electron chi connectivity index (χ3n) is 3.06. The first-order chi connectivity index (χ1) is 11.3. The van der Waals surface area contributed by atoms with Crippen molar-refractivity contribution in [2.75, 3.05) is 14.2 Å². The second-order valence-electron chi connectivity index (χ2n) is 4.59. The van der Waals surface area contributed by atoms with E-state index in [4.69, 9.17) is 32.8 Å². The van der Waals surface area contributed by atoms with Gasteiger partial charge < -0.3 is 4.74 Å². The maximum Gasteiger partial charge on any atom is 0.343 e. The van der Waals surface area contributed by atoms with Gasteiger partial charge >= 0.3 is 5.97 Å². The van der Waals surface area contributed by atoms with E-state index >= 15 is 0 Å². The Kier molecular flexibility index (Phi) is 5.84. The summed E-state index contributed by atoms with van der Waals surface area (Å²) in [6.07, 6.45) is 0. The molecule has 0 atom stereocenters. The van der Waals surface area contributed by atoms with E-state index in [1.165, 1.54) is 56.6 Å². The first-order valence-corrected chi connectivity index (χ1v) is 8.75. The third kappa shape index (κ3) is 4.06. The quantitative estimate of drug-likeness (QED) is 0.445. The van der Waals surface area contributed by atoms with Crippen molar-refractivity contribution < 1.29 is 22.8 Å². The molecule has 128 valence electrons. The van der Waals surface area contributed by atoms with Crippen molar-refractivity contribution in [2.45, 2.75) is 4.90 Å². The van der Waals surface area contributed by atoms with Gasteiger partial charge in [-0.2, -0.15) is 0 Å². The predicted molar refractivity (Wildman–Crippen MR) is 89.8 cm³/mol. The molecule has 0 amide bonds. The lowest BCUT2D eigenvalue weighted by molar-refractivity contribution is -0.0258. The largest absolute Gasteiger partial charge is 0.423 e. The van der Waals surface area contributed by atoms with Crippen molar-refractivity contribution in [1.82, 2.24) is 4.47 Å². The fourth-order valence-corrected chi connectivity index (χ4v) is 3.04. The molecule has 2 aromatic rings. The number of nitrogens with zero attached hydrogens (tertiary/aromatic N) is 1. The van der Waals surface area contributed by atoms with Crippen molar-refractivity contribution in [3.05, 3.63) is 58.1 Å². The van der Waals surface area contributed by atoms with Crippen LogP contribution in [0.5, 0.6) is 5.75 Å². The number of carbonyl (C=O) groups excluding carboxylic acids is 1. The number of benzene rings is 2. The number of hydroxylamine groups is 1. The third-order valence-corrected chi connectivity index (χ3v) is 5.48. The molecule has 6 nitrogen and oxygen atoms in total. The van der Waals surface area contributed by atoms with E-state index in [0.717, 1.165) is 0 Å². The van der Waals surface area contributed by atoms with Crippen LogP contribution in [0.15, 0.2) is 47.4 Å². The lowest BCUT2D eigenvalue weighted by atomic mass is 10.2. The Bertz CT molecular complexity index is 870. The number of esters is 1. The van der Waals surface area contributed by atoms with Gasteiger partial charge in [-0.05, 0) is 30.3 Å². The molecule has 2 rings (SSSR count). The SMILES string of the molecule is CON(C)S(=O)(=O)c1cccc(C(=O)Oc2ccc(Cl)c(Cl)c2)c1. The van der Waals surface area contributed by atoms with Crippen molar-refractivity contribution in [3.63, 3.8) is 0 Å². The maximum atomic E-state index is 12.2. The van der Waals surface area contributed by atoms with Gasteiger partial charge in [-0.25, -0.2) is 13.2 Å². The summed E-state index contributed by atoms with van der Waals surface area (Å²) in [7, 11) is -1.40. The number of hydrogen-bond donors (Lipinski definition) is 0. The highest BCUT2D eigenvalue weighted by atomic mass is 35.5. The smallest absolute Gasteiger partial charge is 0.343 e. The molecular formula is C15H13Cl2NO5S. The lowest BCUT2D eigenvalue weighted by Gasteiger charge is -2.14. The van der Waals surface area contributed by atoms with Crippen LogP contribution in [0.4, 0.5) is 0 Å². The number of ether oxygens (including phenoxy) is 1. The molecule has 0 radical (unpaired) electrons. The minimum Gasteiger partial charge on any atom is -0.423 e. The average Bonchev–Trinajstić information content (AvgIpc) is 2.57. The predicted octanol–water partition coefficient (Wildman–Crippen LogP) is 3.39. The molecule has 9 heteroatoms. The average molecular weight is 390 g/mol. The molecule has 0 fully saturated rings. The van der Waals surface area contributed by atoms with E-state index in [2.05, 4.69) is 0 Å². The standard InChI is InChI=1S/C15H13Cl2NO5S/c1-18(22-2)24(20,21)12-5-3-4-10(8-12)15(19)23-11-6-7-13(16)14(17)9-11/h3-9H,1-2H3. The van der Waals surface area contributed by atoms with Crippen molar-refractivity contribution in [1.29, 1.82) is 0 Å². The Morgan fingerprint density at radius 2 is 1.79 bits per heavy atom. The Hall–Kier alpha value is -1.64. The van der Waals surface area contributed by atoms with Crippen LogP contribution < -0.4 is 4.74 Å². The Morgan fingerprint density at radius 3 is 2.42 bits per heavy atom. The second-order valence-corrected chi connectivity index (χ2v) is 7.34. The van der Waals surface area contributed by atoms with Gasteiger partial charge in [0.1, 0.15) is 5.75 Å². The Balaban J connectivity index is 2.28. The number of hydrogen-bond acceptors (Lipinski definition) is 5. The molecule has 0 spiro atoms. The van der Waals surface area contributed by atoms with Crippen LogP contribution in [0.2, 0.25) is 10.0 Å². The van der Waals surface area contributed by atoms with Crippen LogP contribution in [-0.4, -0.2) is 33.0 Å². The Labute approximate surface area is 149 Å². The summed E-state index contributed by atoms with van der Waals surface area (Å²) >= 11 is 11.7. The zero-order valence-corrected chi connectivity index (χ0v) is 15.0. The van der Waals surface area contributed by atoms with Gasteiger partial charge in [-0.15, -0.1) is 0 Å². The molecule has 0 saturated heterocycles. The summed E-state index contributed by atoms with van der Waals surface area (Å²) < 4.78 is 30.3. The molecule has 0 heterocycles. The maximum absolute atomic E-state index is 12.2. The van der Waals surface area contributed by atoms with Crippen LogP contribution in [0.25, 0.3) is 0 Å². The molecule has 0 unspecified atom stereocenters. The summed E-state index contributed by atoms with van der Waals surface area (Å²) in [4.78, 5) is 16.8. The second kappa shape index (κ2) is 7.50. The molecule has 0 aliphatic carbocycles. The minimum absolute atomic E-state index is 0.0617. The molecule has 0 saturated carbocycles. The van der Waals surface area contributed by atoms with Crippen molar-refractivity contribution in [2.24, 2.45) is 0 Å². The van der Waals surface area contributed by atoms with Gasteiger partial charge in [0.2, 0.25) is 0 Å². The lowest BCUT2D eigenvalue weighted by Crippen LogP contribution is -2.26. The van der Waals surface area contributed by atoms with E-state index in [1.807, 2.05) is 0 Å². The fraction of sp³-hybridized carbons (Fsp3) is 0.133. The van der Waals surface area contributed by atoms with Crippen molar-refractivity contribution in [3.8, 4) is 5.75 Å². The van der Waals surface area contributed by atoms with Gasteiger partial charge in [0.15, 0.2) is 0 Å². The summed E-state index contributed by atoms with van der Waals surface area (Å²) in [6.45, 7) is 0. The number of rotatable bonds is 5. The first-order valence-electron chi connectivity index (χ1n) is 6.56. The van der Waals surface area contributed by atoms with E-state index in [1.54, 1.807) is 0 Å². The zero-order chi connectivity index (χ0) is 17.9. The van der Waals surface area contributed by atoms with Gasteiger partial charge in [0.25, 0.3) is 10.0 Å². The van der Waals surface area contributed by atoms with Crippen LogP contribution >= 0.6 is 23.2 Å². The van der Waals surface area contributed by atoms with Gasteiger partial charge in [-0.1, -0.05) is 33.7 Å². The highest BCUT2D eigenvalue weighted by Gasteiger charge is 2.22. The van der Waals surface area contributed by atoms with Gasteiger partial charge in [0, 0.05) is 13.1 Å². The minimum atomic E-state index is -3.87. The molecule has 0 aromatic heterocycles. The zero-order valence-electron chi connectivity index (χ0n) is 12.7. The van der Waals surface area contributed by atoms with Crippen LogP contribution in [-0.2, 0) is 14.9 Å². The molecule has 0 bridgehead atoms. The summed E-state index contributed by atoms with van der Waals surface area (Å²) in [5.74, 6) is -0.540. The summed E-state index contributed by atoms with van der Waals surface area (Å²) in [5, 5.41) is 0.562. The van der Waals surface area contributed by atoms with Crippen molar-refractivity contribution >= 4 is 39.2 Å². The van der Waals surface area contributed by atoms with E-state index in [-0.39, 0.29) is 21.2 Å². The molecule has 24 heavy (non-hydrogen) atoms. The highest BCUT2D eigenvalue weighted by Crippen LogP contribution is 2.27. The normalized spacial score (nSPS) is 11.5. The van der Waals surface area contributed by atoms with E-state index in [9.17, 15) is 13.2 Å². The van der Waals surface area contributed by atoms with Crippen LogP contribution in [0.3, 0.4) is 0 Å². The topological polar surface area (TPSA) is 72.9 Å². The number of sulfonamides is 1. The molecule has 0 aliphatic heterocycles. The fourth-order valence-electron chi connectivity index (χ4n) is 1.74. The molecule has 2 aromatic carbocycles. The first kappa shape index (κ1) is 18.7. The monoisotopic (exact) mass is 389 g/mol. The molecule has 0 aliphatic rings. The molecular weight excluding hydrogens is 377 g/mol. The van der Waals surface area contributed by atoms with Crippen LogP contribution in [0.1, 0.15) is 10.4 Å². The highest BCUT2D eigenvalue weighted by molar-refractivity contribution is 7.89. The van der Waals surface area contributed by atoms with Crippen LogP contribution in [0, 0.1) is 0 Å². The van der Waals surface area contributed by atoms with E-state index < -0.39 is 16.0 Å². The molecule has 0 N–H and O–H groups in total. The Morgan fingerprint density at radius 1 is 1.08 bits per heavy atom. The number of halogens is 2. The van der Waals surface area contributed by atoms with E-state index in [0.29, 0.717) is 9.49 Å². The summed E-state index contributed by atoms with van der Waals surface area (Å²) in [5.41, 5.74) is 0.0617. The summed E-state index contributed by atoms with van der Waals surface area (Å²) in [6, 6.07) is 9.77.